The number of benzene rings is 1. The number of nitrogens with zero attached hydrogens (tertiary/aromatic N) is 2. The maximum atomic E-state index is 12.8. The first-order valence-electron chi connectivity index (χ1n) is 9.37. The second-order valence-corrected chi connectivity index (χ2v) is 8.62. The fourth-order valence-electron chi connectivity index (χ4n) is 2.88. The molecule has 1 aliphatic rings. The summed E-state index contributed by atoms with van der Waals surface area (Å²) < 4.78 is 37.8. The second kappa shape index (κ2) is 11.0. The quantitative estimate of drug-likeness (QED) is 0.596. The summed E-state index contributed by atoms with van der Waals surface area (Å²) in [5.74, 6) is -0.200. The average molecular weight is 434 g/mol. The molecule has 0 aliphatic carbocycles. The van der Waals surface area contributed by atoms with Gasteiger partial charge in [-0.15, -0.1) is 0 Å². The number of hydrogen-bond acceptors (Lipinski definition) is 6. The van der Waals surface area contributed by atoms with Crippen LogP contribution in [-0.4, -0.2) is 82.6 Å². The molecule has 0 bridgehead atoms. The molecule has 0 spiro atoms. The van der Waals surface area contributed by atoms with Gasteiger partial charge < -0.3 is 14.8 Å². The van der Waals surface area contributed by atoms with E-state index in [0.29, 0.717) is 32.8 Å². The van der Waals surface area contributed by atoms with E-state index in [9.17, 15) is 13.2 Å². The van der Waals surface area contributed by atoms with Crippen LogP contribution in [-0.2, 0) is 19.6 Å². The molecule has 1 N–H and O–H groups in total. The summed E-state index contributed by atoms with van der Waals surface area (Å²) in [5, 5.41) is 3.07. The average Bonchev–Trinajstić information content (AvgIpc) is 2.68. The Kier molecular flexibility index (Phi) is 8.97. The first-order valence-corrected chi connectivity index (χ1v) is 11.2. The SMILES string of the molecule is CCN(CC)S(=O)(=O)c1cc(Cl)ccc1OCC(=O)NCCN1CCOCC1. The lowest BCUT2D eigenvalue weighted by atomic mass is 10.3. The molecule has 1 saturated heterocycles. The highest BCUT2D eigenvalue weighted by Crippen LogP contribution is 2.29. The van der Waals surface area contributed by atoms with Crippen molar-refractivity contribution < 1.29 is 22.7 Å². The topological polar surface area (TPSA) is 88.2 Å². The normalized spacial score (nSPS) is 15.6. The van der Waals surface area contributed by atoms with E-state index >= 15 is 0 Å². The zero-order valence-electron chi connectivity index (χ0n) is 16.3. The zero-order valence-corrected chi connectivity index (χ0v) is 17.9. The number of ether oxygens (including phenoxy) is 2. The minimum atomic E-state index is -3.76. The van der Waals surface area contributed by atoms with Crippen LogP contribution in [0.4, 0.5) is 0 Å². The van der Waals surface area contributed by atoms with Crippen molar-refractivity contribution in [2.75, 3.05) is 59.1 Å². The Hall–Kier alpha value is -1.39. The molecule has 1 fully saturated rings. The molecule has 10 heteroatoms. The standard InChI is InChI=1S/C18H28ClN3O5S/c1-3-22(4-2)28(24,25)17-13-15(19)5-6-16(17)27-14-18(23)20-7-8-21-9-11-26-12-10-21/h5-6,13H,3-4,7-12,14H2,1-2H3,(H,20,23). The Labute approximate surface area is 171 Å². The van der Waals surface area contributed by atoms with Crippen molar-refractivity contribution in [2.45, 2.75) is 18.7 Å². The van der Waals surface area contributed by atoms with Gasteiger partial charge in [0.2, 0.25) is 10.0 Å². The van der Waals surface area contributed by atoms with E-state index in [1.807, 2.05) is 0 Å². The fourth-order valence-corrected chi connectivity index (χ4v) is 4.73. The number of nitrogens with one attached hydrogen (secondary N) is 1. The lowest BCUT2D eigenvalue weighted by Gasteiger charge is -2.26. The maximum absolute atomic E-state index is 12.8. The van der Waals surface area contributed by atoms with E-state index in [1.54, 1.807) is 13.8 Å². The predicted molar refractivity (Wildman–Crippen MR) is 107 cm³/mol. The number of sulfonamides is 1. The van der Waals surface area contributed by atoms with Gasteiger partial charge in [0, 0.05) is 44.3 Å². The summed E-state index contributed by atoms with van der Waals surface area (Å²) in [6.45, 7) is 8.24. The molecule has 0 radical (unpaired) electrons. The highest BCUT2D eigenvalue weighted by molar-refractivity contribution is 7.89. The smallest absolute Gasteiger partial charge is 0.257 e. The molecule has 28 heavy (non-hydrogen) atoms. The van der Waals surface area contributed by atoms with Crippen LogP contribution in [0, 0.1) is 0 Å². The van der Waals surface area contributed by atoms with Crippen molar-refractivity contribution in [3.63, 3.8) is 0 Å². The highest BCUT2D eigenvalue weighted by atomic mass is 35.5. The number of hydrogen-bond donors (Lipinski definition) is 1. The van der Waals surface area contributed by atoms with E-state index < -0.39 is 10.0 Å². The summed E-state index contributed by atoms with van der Waals surface area (Å²) in [6.07, 6.45) is 0. The monoisotopic (exact) mass is 433 g/mol. The molecular formula is C18H28ClN3O5S. The Morgan fingerprint density at radius 3 is 2.61 bits per heavy atom. The minimum absolute atomic E-state index is 0.0372. The molecule has 0 unspecified atom stereocenters. The third kappa shape index (κ3) is 6.31. The first kappa shape index (κ1) is 22.9. The predicted octanol–water partition coefficient (Wildman–Crippen LogP) is 1.20. The van der Waals surface area contributed by atoms with Crippen molar-refractivity contribution in [1.29, 1.82) is 0 Å². The van der Waals surface area contributed by atoms with Crippen LogP contribution < -0.4 is 10.1 Å². The Balaban J connectivity index is 1.95. The summed E-state index contributed by atoms with van der Waals surface area (Å²) in [5.41, 5.74) is 0. The number of halogens is 1. The summed E-state index contributed by atoms with van der Waals surface area (Å²) in [7, 11) is -3.76. The largest absolute Gasteiger partial charge is 0.482 e. The van der Waals surface area contributed by atoms with E-state index in [2.05, 4.69) is 10.2 Å². The van der Waals surface area contributed by atoms with Gasteiger partial charge >= 0.3 is 0 Å². The Bertz CT molecular complexity index is 750. The summed E-state index contributed by atoms with van der Waals surface area (Å²) in [6, 6.07) is 4.36. The highest BCUT2D eigenvalue weighted by Gasteiger charge is 2.26. The van der Waals surface area contributed by atoms with Gasteiger partial charge in [0.05, 0.1) is 13.2 Å². The van der Waals surface area contributed by atoms with Crippen molar-refractivity contribution in [3.8, 4) is 5.75 Å². The fraction of sp³-hybridized carbons (Fsp3) is 0.611. The van der Waals surface area contributed by atoms with Crippen molar-refractivity contribution in [2.24, 2.45) is 0 Å². The molecule has 0 saturated carbocycles. The molecular weight excluding hydrogens is 406 g/mol. The number of carbonyl (C=O) groups is 1. The minimum Gasteiger partial charge on any atom is -0.482 e. The van der Waals surface area contributed by atoms with Crippen LogP contribution in [0.25, 0.3) is 0 Å². The van der Waals surface area contributed by atoms with Crippen LogP contribution in [0.15, 0.2) is 23.1 Å². The molecule has 2 rings (SSSR count). The van der Waals surface area contributed by atoms with E-state index in [0.717, 1.165) is 19.6 Å². The van der Waals surface area contributed by atoms with Gasteiger partial charge in [0.15, 0.2) is 6.61 Å². The van der Waals surface area contributed by atoms with Crippen molar-refractivity contribution >= 4 is 27.5 Å². The third-order valence-electron chi connectivity index (χ3n) is 4.44. The second-order valence-electron chi connectivity index (χ2n) is 6.27. The van der Waals surface area contributed by atoms with E-state index in [1.165, 1.54) is 22.5 Å². The number of rotatable bonds is 10. The van der Waals surface area contributed by atoms with E-state index in [4.69, 9.17) is 21.1 Å². The molecule has 1 heterocycles. The van der Waals surface area contributed by atoms with Gasteiger partial charge in [-0.2, -0.15) is 4.31 Å². The van der Waals surface area contributed by atoms with Crippen LogP contribution >= 0.6 is 11.6 Å². The number of amides is 1. The van der Waals surface area contributed by atoms with Crippen LogP contribution in [0.3, 0.4) is 0 Å². The van der Waals surface area contributed by atoms with Gasteiger partial charge in [0.25, 0.3) is 5.91 Å². The molecule has 1 aromatic carbocycles. The molecule has 8 nitrogen and oxygen atoms in total. The van der Waals surface area contributed by atoms with E-state index in [-0.39, 0.29) is 28.2 Å². The molecule has 0 aromatic heterocycles. The van der Waals surface area contributed by atoms with Crippen molar-refractivity contribution in [3.05, 3.63) is 23.2 Å². The summed E-state index contributed by atoms with van der Waals surface area (Å²) in [4.78, 5) is 14.2. The molecule has 0 atom stereocenters. The Morgan fingerprint density at radius 1 is 1.29 bits per heavy atom. The lowest BCUT2D eigenvalue weighted by molar-refractivity contribution is -0.123. The van der Waals surface area contributed by atoms with Crippen LogP contribution in [0.5, 0.6) is 5.75 Å². The lowest BCUT2D eigenvalue weighted by Crippen LogP contribution is -2.42. The third-order valence-corrected chi connectivity index (χ3v) is 6.75. The molecule has 1 amide bonds. The first-order chi connectivity index (χ1) is 13.4. The molecule has 1 aliphatic heterocycles. The van der Waals surface area contributed by atoms with Gasteiger partial charge in [-0.1, -0.05) is 25.4 Å². The van der Waals surface area contributed by atoms with Crippen LogP contribution in [0.1, 0.15) is 13.8 Å². The van der Waals surface area contributed by atoms with Gasteiger partial charge in [-0.25, -0.2) is 8.42 Å². The number of carbonyl (C=O) groups excluding carboxylic acids is 1. The Morgan fingerprint density at radius 2 is 1.96 bits per heavy atom. The van der Waals surface area contributed by atoms with Gasteiger partial charge in [-0.3, -0.25) is 9.69 Å². The van der Waals surface area contributed by atoms with Gasteiger partial charge in [-0.05, 0) is 18.2 Å². The van der Waals surface area contributed by atoms with Crippen LogP contribution in [0.2, 0.25) is 5.02 Å². The summed E-state index contributed by atoms with van der Waals surface area (Å²) >= 11 is 5.99. The van der Waals surface area contributed by atoms with Crippen molar-refractivity contribution in [1.82, 2.24) is 14.5 Å². The zero-order chi connectivity index (χ0) is 20.6. The maximum Gasteiger partial charge on any atom is 0.257 e. The molecule has 158 valence electrons. The number of morpholine rings is 1. The molecule has 1 aromatic rings. The van der Waals surface area contributed by atoms with Gasteiger partial charge in [0.1, 0.15) is 10.6 Å².